The van der Waals surface area contributed by atoms with Crippen LogP contribution in [0.5, 0.6) is 0 Å². The van der Waals surface area contributed by atoms with E-state index < -0.39 is 172 Å². The molecule has 3 aliphatic heterocycles. The molecule has 0 aromatic rings. The Hall–Kier alpha value is -4.70. The summed E-state index contributed by atoms with van der Waals surface area (Å²) in [4.78, 5) is 50.5. The molecular formula is C51H80N4O19. The predicted molar refractivity (Wildman–Crippen MR) is 266 cm³/mol. The number of allylic oxidation sites excluding steroid dienone is 12. The van der Waals surface area contributed by atoms with Crippen LogP contribution < -0.4 is 21.9 Å². The van der Waals surface area contributed by atoms with Crippen molar-refractivity contribution in [1.29, 1.82) is 0 Å². The Morgan fingerprint density at radius 3 is 1.88 bits per heavy atom. The number of hydrogen-bond acceptors (Lipinski definition) is 20. The van der Waals surface area contributed by atoms with Crippen molar-refractivity contribution in [3.05, 3.63) is 85.1 Å². The number of amides is 3. The van der Waals surface area contributed by atoms with Crippen LogP contribution in [-0.2, 0) is 38.1 Å². The molecule has 3 aliphatic rings. The number of nitrogens with one attached hydrogen (secondary N) is 3. The van der Waals surface area contributed by atoms with Crippen molar-refractivity contribution in [2.75, 3.05) is 13.7 Å². The first kappa shape index (κ1) is 63.6. The second-order valence-electron chi connectivity index (χ2n) is 19.1. The van der Waals surface area contributed by atoms with Crippen LogP contribution in [0.15, 0.2) is 85.1 Å². The van der Waals surface area contributed by atoms with Gasteiger partial charge in [-0.05, 0) is 33.1 Å². The number of hydrogen-bond donors (Lipinski definition) is 14. The molecule has 0 aliphatic carbocycles. The topological polar surface area (TPSA) is 379 Å². The molecule has 418 valence electrons. The van der Waals surface area contributed by atoms with Gasteiger partial charge in [0, 0.05) is 37.5 Å². The van der Waals surface area contributed by atoms with Crippen LogP contribution in [0.2, 0.25) is 0 Å². The molecule has 0 spiro atoms. The number of ether oxygens (including phenoxy) is 5. The van der Waals surface area contributed by atoms with Crippen molar-refractivity contribution in [1.82, 2.24) is 16.2 Å². The first-order chi connectivity index (χ1) is 35.0. The number of cyclic esters (lactones) is 1. The molecule has 2 bridgehead atoms. The number of esters is 1. The number of methoxy groups -OCH3 is 1. The number of aliphatic hydroxyl groups is 10. The molecule has 15 N–H and O–H groups in total. The summed E-state index contributed by atoms with van der Waals surface area (Å²) < 4.78 is 28.2. The molecule has 0 saturated carbocycles. The number of carbonyl (C=O) groups is 4. The Bertz CT molecular complexity index is 1970. The molecule has 2 fully saturated rings. The average Bonchev–Trinajstić information content (AvgIpc) is 3.33. The van der Waals surface area contributed by atoms with Gasteiger partial charge in [-0.1, -0.05) is 98.9 Å². The standard InChI is InChI=1S/C51H80N4O19/c1-29-18-16-14-12-10-8-6-7-9-11-13-15-17-19-36(73-49-47(66)44(53-41(62)28-52)46(65)32(4)72-49)25-40-43(48(67)54-55-50(68)70-5)39(61)27-51(69,74-40)26-35(58)23-38(60)37(59)21-20-33(56)22-34(57)24-42(63)71-31(3)30(2)45(29)64/h6-19,29-40,43-47,49,56-61,64-66,69H,20-28,52H2,1-5H3,(H,53,62)(H,54,67)(H,55,68)/b7-6-,10-8-,11-9-,14-12-,15-13-,18-16-,19-17+/t29-,30-,31-,32+,33+,34+,35-,36-,37+,38+,39-,40-,43+,44-,45+,46+,47-,49-,51+/m0/s1. The Labute approximate surface area is 431 Å². The van der Waals surface area contributed by atoms with E-state index >= 15 is 0 Å². The zero-order valence-electron chi connectivity index (χ0n) is 42.6. The Balaban J connectivity index is 1.98. The van der Waals surface area contributed by atoms with E-state index in [2.05, 4.69) is 15.5 Å². The van der Waals surface area contributed by atoms with E-state index in [9.17, 15) is 70.2 Å². The minimum Gasteiger partial charge on any atom is -0.462 e. The predicted octanol–water partition coefficient (Wildman–Crippen LogP) is -0.869. The van der Waals surface area contributed by atoms with Crippen LogP contribution in [-0.4, -0.2) is 186 Å². The van der Waals surface area contributed by atoms with Crippen molar-refractivity contribution in [3.8, 4) is 0 Å². The lowest BCUT2D eigenvalue weighted by molar-refractivity contribution is -0.307. The van der Waals surface area contributed by atoms with E-state index in [0.717, 1.165) is 7.11 Å². The van der Waals surface area contributed by atoms with Gasteiger partial charge in [0.15, 0.2) is 12.1 Å². The molecule has 0 aromatic carbocycles. The van der Waals surface area contributed by atoms with Gasteiger partial charge in [0.25, 0.3) is 0 Å². The number of fused-ring (bicyclic) bond motifs is 2. The monoisotopic (exact) mass is 1050 g/mol. The van der Waals surface area contributed by atoms with E-state index in [1.54, 1.807) is 86.8 Å². The fourth-order valence-corrected chi connectivity index (χ4v) is 8.62. The van der Waals surface area contributed by atoms with Gasteiger partial charge in [-0.2, -0.15) is 0 Å². The maximum absolute atomic E-state index is 13.6. The fraction of sp³-hybridized carbons (Fsp3) is 0.647. The normalized spacial score (nSPS) is 41.1. The highest BCUT2D eigenvalue weighted by Crippen LogP contribution is 2.38. The Kier molecular flexibility index (Phi) is 27.5. The number of aliphatic hydroxyl groups excluding tert-OH is 9. The molecule has 2 saturated heterocycles. The van der Waals surface area contributed by atoms with Crippen molar-refractivity contribution in [2.24, 2.45) is 23.5 Å². The second kappa shape index (κ2) is 32.0. The lowest BCUT2D eigenvalue weighted by Crippen LogP contribution is -2.64. The number of carbonyl (C=O) groups excluding carboxylic acids is 4. The van der Waals surface area contributed by atoms with Crippen LogP contribution >= 0.6 is 0 Å². The minimum absolute atomic E-state index is 0.140. The third kappa shape index (κ3) is 21.5. The quantitative estimate of drug-likeness (QED) is 0.118. The van der Waals surface area contributed by atoms with Crippen LogP contribution in [0.25, 0.3) is 0 Å². The van der Waals surface area contributed by atoms with Gasteiger partial charge in [0.1, 0.15) is 18.3 Å². The van der Waals surface area contributed by atoms with Gasteiger partial charge in [-0.3, -0.25) is 19.8 Å². The summed E-state index contributed by atoms with van der Waals surface area (Å²) in [5.41, 5.74) is 9.61. The first-order valence-electron chi connectivity index (χ1n) is 24.8. The molecule has 3 amide bonds. The zero-order valence-corrected chi connectivity index (χ0v) is 42.6. The van der Waals surface area contributed by atoms with Gasteiger partial charge in [-0.25, -0.2) is 10.2 Å². The zero-order chi connectivity index (χ0) is 55.1. The van der Waals surface area contributed by atoms with Crippen LogP contribution in [0.1, 0.15) is 79.1 Å². The highest BCUT2D eigenvalue weighted by atomic mass is 16.7. The molecule has 23 nitrogen and oxygen atoms in total. The van der Waals surface area contributed by atoms with E-state index in [4.69, 9.17) is 24.7 Å². The van der Waals surface area contributed by atoms with Gasteiger partial charge < -0.3 is 85.8 Å². The summed E-state index contributed by atoms with van der Waals surface area (Å²) in [5, 5.41) is 113. The minimum atomic E-state index is -2.41. The van der Waals surface area contributed by atoms with Gasteiger partial charge in [0.05, 0.1) is 93.1 Å². The molecule has 19 atom stereocenters. The van der Waals surface area contributed by atoms with Gasteiger partial charge >= 0.3 is 12.1 Å². The summed E-state index contributed by atoms with van der Waals surface area (Å²) in [7, 11) is 1.04. The van der Waals surface area contributed by atoms with Crippen molar-refractivity contribution in [3.63, 3.8) is 0 Å². The lowest BCUT2D eigenvalue weighted by Gasteiger charge is -2.46. The van der Waals surface area contributed by atoms with Crippen LogP contribution in [0.4, 0.5) is 4.79 Å². The first-order valence-corrected chi connectivity index (χ1v) is 24.8. The molecule has 0 radical (unpaired) electrons. The summed E-state index contributed by atoms with van der Waals surface area (Å²) >= 11 is 0. The highest BCUT2D eigenvalue weighted by Gasteiger charge is 2.51. The van der Waals surface area contributed by atoms with Gasteiger partial charge in [0.2, 0.25) is 11.8 Å². The van der Waals surface area contributed by atoms with Gasteiger partial charge in [-0.15, -0.1) is 0 Å². The van der Waals surface area contributed by atoms with Crippen LogP contribution in [0, 0.1) is 17.8 Å². The maximum atomic E-state index is 13.6. The van der Waals surface area contributed by atoms with E-state index in [-0.39, 0.29) is 25.2 Å². The third-order valence-electron chi connectivity index (χ3n) is 13.0. The molecule has 23 heteroatoms. The molecular weight excluding hydrogens is 973 g/mol. The fourth-order valence-electron chi connectivity index (χ4n) is 8.62. The molecule has 3 rings (SSSR count). The number of hydrazine groups is 1. The summed E-state index contributed by atoms with van der Waals surface area (Å²) in [6.45, 7) is 6.19. The lowest BCUT2D eigenvalue weighted by atomic mass is 9.82. The van der Waals surface area contributed by atoms with Crippen LogP contribution in [0.3, 0.4) is 0 Å². The molecule has 0 aromatic heterocycles. The molecule has 0 unspecified atom stereocenters. The number of rotatable bonds is 5. The SMILES string of the molecule is COC(=O)NNC(=O)[C@H]1[C@@H]2C[C@@H](O[C@@H]3O[C@H](C)[C@@H](O)[C@H](NC(=O)CN)[C@@H]3O)/C=C/C=C\C=C/C=C\C=C/C=C\C=C/[C@H](C)[C@@H](O)[C@@H](C)[C@H](C)OC(=O)C[C@H](O)C[C@H](O)CC[C@@H](O)[C@H](O)C[C@H](O)C[C@](O)(C[C@@H]1O)O2. The number of nitrogens with two attached hydrogens (primary N) is 1. The molecule has 74 heavy (non-hydrogen) atoms. The Morgan fingerprint density at radius 2 is 1.28 bits per heavy atom. The van der Waals surface area contributed by atoms with E-state index in [0.29, 0.717) is 0 Å². The Morgan fingerprint density at radius 1 is 0.689 bits per heavy atom. The summed E-state index contributed by atoms with van der Waals surface area (Å²) in [5.74, 6) is -7.20. The second-order valence-corrected chi connectivity index (χ2v) is 19.1. The highest BCUT2D eigenvalue weighted by molar-refractivity contribution is 5.82. The molecule has 3 heterocycles. The third-order valence-corrected chi connectivity index (χ3v) is 13.0. The smallest absolute Gasteiger partial charge is 0.425 e. The van der Waals surface area contributed by atoms with Crippen molar-refractivity contribution < 1.29 is 93.9 Å². The maximum Gasteiger partial charge on any atom is 0.425 e. The summed E-state index contributed by atoms with van der Waals surface area (Å²) in [6, 6.07) is -1.31. The average molecular weight is 1050 g/mol. The van der Waals surface area contributed by atoms with Crippen molar-refractivity contribution >= 4 is 23.9 Å². The van der Waals surface area contributed by atoms with E-state index in [1.807, 2.05) is 18.4 Å². The summed E-state index contributed by atoms with van der Waals surface area (Å²) in [6.07, 6.45) is 0.489. The largest absolute Gasteiger partial charge is 0.462 e. The van der Waals surface area contributed by atoms with E-state index in [1.165, 1.54) is 13.0 Å². The van der Waals surface area contributed by atoms with Crippen molar-refractivity contribution in [2.45, 2.75) is 177 Å².